The lowest BCUT2D eigenvalue weighted by Crippen LogP contribution is -2.41. The fourth-order valence-electron chi connectivity index (χ4n) is 1.94. The first-order valence-electron chi connectivity index (χ1n) is 5.25. The number of nitrogens with zero attached hydrogens (tertiary/aromatic N) is 2. The predicted octanol–water partition coefficient (Wildman–Crippen LogP) is 1.20. The van der Waals surface area contributed by atoms with Crippen LogP contribution in [0.3, 0.4) is 0 Å². The van der Waals surface area contributed by atoms with Crippen LogP contribution >= 0.6 is 0 Å². The Morgan fingerprint density at radius 3 is 3.07 bits per heavy atom. The zero-order valence-electron chi connectivity index (χ0n) is 9.23. The van der Waals surface area contributed by atoms with Crippen molar-refractivity contribution in [2.45, 2.75) is 20.0 Å². The summed E-state index contributed by atoms with van der Waals surface area (Å²) in [4.78, 5) is 6.44. The van der Waals surface area contributed by atoms with Crippen molar-refractivity contribution in [2.75, 3.05) is 30.3 Å². The molecule has 1 aromatic heterocycles. The second-order valence-corrected chi connectivity index (χ2v) is 4.02. The molecular weight excluding hydrogens is 190 g/mol. The van der Waals surface area contributed by atoms with Gasteiger partial charge in [-0.25, -0.2) is 4.98 Å². The molecule has 1 aromatic rings. The monoisotopic (exact) mass is 207 g/mol. The molecule has 2 N–H and O–H groups in total. The first-order valence-corrected chi connectivity index (χ1v) is 5.25. The summed E-state index contributed by atoms with van der Waals surface area (Å²) in [5.41, 5.74) is 7.97. The summed E-state index contributed by atoms with van der Waals surface area (Å²) < 4.78 is 5.51. The summed E-state index contributed by atoms with van der Waals surface area (Å²) in [6.45, 7) is 6.79. The van der Waals surface area contributed by atoms with Gasteiger partial charge in [-0.3, -0.25) is 0 Å². The Morgan fingerprint density at radius 1 is 1.60 bits per heavy atom. The van der Waals surface area contributed by atoms with Crippen LogP contribution in [0.5, 0.6) is 0 Å². The highest BCUT2D eigenvalue weighted by Gasteiger charge is 2.18. The number of pyridine rings is 1. The maximum atomic E-state index is 5.63. The van der Waals surface area contributed by atoms with Crippen LogP contribution in [0.4, 0.5) is 11.5 Å². The molecule has 1 atom stereocenters. The van der Waals surface area contributed by atoms with E-state index in [4.69, 9.17) is 10.5 Å². The Labute approximate surface area is 90.0 Å². The van der Waals surface area contributed by atoms with Gasteiger partial charge in [0.25, 0.3) is 0 Å². The van der Waals surface area contributed by atoms with Crippen LogP contribution in [0, 0.1) is 6.92 Å². The summed E-state index contributed by atoms with van der Waals surface area (Å²) in [6, 6.07) is 1.91. The van der Waals surface area contributed by atoms with Gasteiger partial charge in [-0.1, -0.05) is 0 Å². The molecule has 1 saturated heterocycles. The highest BCUT2D eigenvalue weighted by atomic mass is 16.5. The summed E-state index contributed by atoms with van der Waals surface area (Å²) in [6.07, 6.45) is 2.14. The number of ether oxygens (including phenoxy) is 1. The lowest BCUT2D eigenvalue weighted by atomic mass is 10.2. The number of anilines is 2. The Balaban J connectivity index is 2.21. The second kappa shape index (κ2) is 4.06. The molecule has 1 aliphatic heterocycles. The van der Waals surface area contributed by atoms with E-state index in [2.05, 4.69) is 23.7 Å². The molecule has 4 nitrogen and oxygen atoms in total. The number of nitrogens with two attached hydrogens (primary N) is 1. The number of hydrogen-bond donors (Lipinski definition) is 1. The van der Waals surface area contributed by atoms with Crippen LogP contribution in [0.25, 0.3) is 0 Å². The average Bonchev–Trinajstić information content (AvgIpc) is 2.17. The number of nitrogen functional groups attached to an aromatic ring is 1. The number of hydrogen-bond acceptors (Lipinski definition) is 4. The smallest absolute Gasteiger partial charge is 0.123 e. The predicted molar refractivity (Wildman–Crippen MR) is 61.0 cm³/mol. The summed E-state index contributed by atoms with van der Waals surface area (Å²) in [5.74, 6) is 0.581. The third kappa shape index (κ3) is 2.21. The van der Waals surface area contributed by atoms with Gasteiger partial charge in [0, 0.05) is 13.1 Å². The third-order valence-corrected chi connectivity index (χ3v) is 2.69. The van der Waals surface area contributed by atoms with Gasteiger partial charge >= 0.3 is 0 Å². The molecule has 0 bridgehead atoms. The lowest BCUT2D eigenvalue weighted by molar-refractivity contribution is 0.0532. The fourth-order valence-corrected chi connectivity index (χ4v) is 1.94. The van der Waals surface area contributed by atoms with Gasteiger partial charge in [0.2, 0.25) is 0 Å². The van der Waals surface area contributed by atoms with Crippen LogP contribution in [-0.4, -0.2) is 30.8 Å². The molecule has 1 fully saturated rings. The molecule has 0 saturated carbocycles. The van der Waals surface area contributed by atoms with Gasteiger partial charge in [-0.15, -0.1) is 0 Å². The first kappa shape index (κ1) is 10.2. The van der Waals surface area contributed by atoms with Gasteiger partial charge in [0.1, 0.15) is 5.82 Å². The summed E-state index contributed by atoms with van der Waals surface area (Å²) in [7, 11) is 0. The Bertz CT molecular complexity index is 354. The standard InChI is InChI=1S/C11H17N3O/c1-8-5-11(12)13-6-10(8)14-3-4-15-9(2)7-14/h5-6,9H,3-4,7H2,1-2H3,(H2,12,13). The summed E-state index contributed by atoms with van der Waals surface area (Å²) in [5, 5.41) is 0. The number of aromatic nitrogens is 1. The number of rotatable bonds is 1. The molecule has 0 amide bonds. The van der Waals surface area contributed by atoms with Crippen molar-refractivity contribution < 1.29 is 4.74 Å². The van der Waals surface area contributed by atoms with E-state index in [1.54, 1.807) is 0 Å². The molecule has 2 rings (SSSR count). The van der Waals surface area contributed by atoms with Crippen molar-refractivity contribution in [1.29, 1.82) is 0 Å². The van der Waals surface area contributed by atoms with Gasteiger partial charge in [-0.2, -0.15) is 0 Å². The highest BCUT2D eigenvalue weighted by Crippen LogP contribution is 2.22. The maximum absolute atomic E-state index is 5.63. The van der Waals surface area contributed by atoms with Gasteiger partial charge in [0.05, 0.1) is 24.6 Å². The topological polar surface area (TPSA) is 51.4 Å². The van der Waals surface area contributed by atoms with E-state index in [9.17, 15) is 0 Å². The molecule has 15 heavy (non-hydrogen) atoms. The van der Waals surface area contributed by atoms with Crippen LogP contribution in [0.1, 0.15) is 12.5 Å². The van der Waals surface area contributed by atoms with Crippen LogP contribution in [-0.2, 0) is 4.74 Å². The van der Waals surface area contributed by atoms with E-state index < -0.39 is 0 Å². The van der Waals surface area contributed by atoms with Crippen molar-refractivity contribution in [2.24, 2.45) is 0 Å². The van der Waals surface area contributed by atoms with E-state index in [1.165, 1.54) is 11.3 Å². The Morgan fingerprint density at radius 2 is 2.40 bits per heavy atom. The maximum Gasteiger partial charge on any atom is 0.123 e. The number of aryl methyl sites for hydroxylation is 1. The van der Waals surface area contributed by atoms with Crippen LogP contribution in [0.2, 0.25) is 0 Å². The number of morpholine rings is 1. The normalized spacial score (nSPS) is 21.7. The second-order valence-electron chi connectivity index (χ2n) is 4.02. The minimum absolute atomic E-state index is 0.288. The third-order valence-electron chi connectivity index (χ3n) is 2.69. The Hall–Kier alpha value is -1.29. The quantitative estimate of drug-likeness (QED) is 0.751. The van der Waals surface area contributed by atoms with Crippen molar-refractivity contribution in [1.82, 2.24) is 4.98 Å². The van der Waals surface area contributed by atoms with Crippen LogP contribution < -0.4 is 10.6 Å². The summed E-state index contributed by atoms with van der Waals surface area (Å²) >= 11 is 0. The molecule has 1 unspecified atom stereocenters. The Kier molecular flexibility index (Phi) is 2.77. The molecule has 0 aliphatic carbocycles. The molecular formula is C11H17N3O. The minimum Gasteiger partial charge on any atom is -0.384 e. The van der Waals surface area contributed by atoms with Crippen molar-refractivity contribution in [3.05, 3.63) is 17.8 Å². The van der Waals surface area contributed by atoms with Crippen molar-refractivity contribution in [3.8, 4) is 0 Å². The first-order chi connectivity index (χ1) is 7.16. The highest BCUT2D eigenvalue weighted by molar-refractivity contribution is 5.55. The van der Waals surface area contributed by atoms with Crippen molar-refractivity contribution >= 4 is 11.5 Å². The minimum atomic E-state index is 0.288. The molecule has 82 valence electrons. The molecule has 1 aliphatic rings. The fraction of sp³-hybridized carbons (Fsp3) is 0.545. The van der Waals surface area contributed by atoms with Gasteiger partial charge in [-0.05, 0) is 25.5 Å². The zero-order chi connectivity index (χ0) is 10.8. The SMILES string of the molecule is Cc1cc(N)ncc1N1CCOC(C)C1. The van der Waals surface area contributed by atoms with Gasteiger partial charge in [0.15, 0.2) is 0 Å². The van der Waals surface area contributed by atoms with Gasteiger partial charge < -0.3 is 15.4 Å². The zero-order valence-corrected chi connectivity index (χ0v) is 9.23. The molecule has 0 spiro atoms. The van der Waals surface area contributed by atoms with E-state index >= 15 is 0 Å². The largest absolute Gasteiger partial charge is 0.384 e. The van der Waals surface area contributed by atoms with Crippen molar-refractivity contribution in [3.63, 3.8) is 0 Å². The molecule has 2 heterocycles. The van der Waals surface area contributed by atoms with E-state index in [-0.39, 0.29) is 6.10 Å². The van der Waals surface area contributed by atoms with E-state index in [0.29, 0.717) is 5.82 Å². The molecule has 0 aromatic carbocycles. The van der Waals surface area contributed by atoms with E-state index in [0.717, 1.165) is 19.7 Å². The molecule has 0 radical (unpaired) electrons. The molecule has 4 heteroatoms. The van der Waals surface area contributed by atoms with Crippen LogP contribution in [0.15, 0.2) is 12.3 Å². The van der Waals surface area contributed by atoms with E-state index in [1.807, 2.05) is 12.3 Å². The average molecular weight is 207 g/mol. The lowest BCUT2D eigenvalue weighted by Gasteiger charge is -2.33.